The first-order chi connectivity index (χ1) is 10.8. The molecule has 2 rings (SSSR count). The normalized spacial score (nSPS) is 15.8. The summed E-state index contributed by atoms with van der Waals surface area (Å²) in [5, 5.41) is 9.95. The number of nitrogens with zero attached hydrogens (tertiary/aromatic N) is 1. The van der Waals surface area contributed by atoms with Gasteiger partial charge in [-0.25, -0.2) is 4.79 Å². The summed E-state index contributed by atoms with van der Waals surface area (Å²) < 4.78 is 5.61. The van der Waals surface area contributed by atoms with E-state index < -0.39 is 12.0 Å². The number of halogens is 2. The highest BCUT2D eigenvalue weighted by Gasteiger charge is 2.34. The van der Waals surface area contributed by atoms with Crippen LogP contribution in [0.4, 0.5) is 0 Å². The van der Waals surface area contributed by atoms with Gasteiger partial charge in [0.1, 0.15) is 22.6 Å². The van der Waals surface area contributed by atoms with Crippen LogP contribution in [0.25, 0.3) is 0 Å². The van der Waals surface area contributed by atoms with Crippen LogP contribution >= 0.6 is 23.2 Å². The third-order valence-corrected chi connectivity index (χ3v) is 4.21. The first-order valence-electron chi connectivity index (χ1n) is 7.15. The largest absolute Gasteiger partial charge is 0.480 e. The molecule has 0 aliphatic carbocycles. The molecule has 1 aliphatic rings. The van der Waals surface area contributed by atoms with Crippen molar-refractivity contribution in [2.24, 2.45) is 5.92 Å². The van der Waals surface area contributed by atoms with Gasteiger partial charge in [0, 0.05) is 6.08 Å². The van der Waals surface area contributed by atoms with E-state index in [1.165, 1.54) is 11.0 Å². The Kier molecular flexibility index (Phi) is 5.55. The molecule has 1 heterocycles. The van der Waals surface area contributed by atoms with Crippen molar-refractivity contribution in [2.75, 3.05) is 6.54 Å². The zero-order valence-electron chi connectivity index (χ0n) is 12.8. The second-order valence-electron chi connectivity index (χ2n) is 5.71. The Bertz CT molecular complexity index is 657. The van der Waals surface area contributed by atoms with Gasteiger partial charge in [-0.3, -0.25) is 4.79 Å². The molecule has 0 fully saturated rings. The van der Waals surface area contributed by atoms with Gasteiger partial charge in [-0.15, -0.1) is 0 Å². The van der Waals surface area contributed by atoms with E-state index in [1.54, 1.807) is 18.2 Å². The highest BCUT2D eigenvalue weighted by molar-refractivity contribution is 6.42. The summed E-state index contributed by atoms with van der Waals surface area (Å²) in [5.74, 6) is -0.588. The summed E-state index contributed by atoms with van der Waals surface area (Å²) in [6, 6.07) is 4.05. The standard InChI is InChI=1S/C16H17Cl2NO4/c1-9(2)6-12(16(21)22)19-8-10(7-14(19)20)23-13-5-3-4-11(17)15(13)18/h3-5,7,9,12H,6,8H2,1-2H3,(H,21,22). The van der Waals surface area contributed by atoms with Crippen molar-refractivity contribution < 1.29 is 19.4 Å². The van der Waals surface area contributed by atoms with Gasteiger partial charge in [0.2, 0.25) is 0 Å². The molecular formula is C16H17Cl2NO4. The van der Waals surface area contributed by atoms with Crippen molar-refractivity contribution >= 4 is 35.1 Å². The number of carbonyl (C=O) groups excluding carboxylic acids is 1. The Labute approximate surface area is 144 Å². The lowest BCUT2D eigenvalue weighted by atomic mass is 10.0. The Morgan fingerprint density at radius 2 is 2.09 bits per heavy atom. The average molecular weight is 358 g/mol. The van der Waals surface area contributed by atoms with Crippen molar-refractivity contribution in [2.45, 2.75) is 26.3 Å². The predicted molar refractivity (Wildman–Crippen MR) is 87.8 cm³/mol. The van der Waals surface area contributed by atoms with Gasteiger partial charge in [0.25, 0.3) is 5.91 Å². The molecule has 1 N–H and O–H groups in total. The summed E-state index contributed by atoms with van der Waals surface area (Å²) >= 11 is 12.0. The average Bonchev–Trinajstić information content (AvgIpc) is 2.81. The van der Waals surface area contributed by atoms with Gasteiger partial charge in [-0.05, 0) is 24.5 Å². The van der Waals surface area contributed by atoms with Gasteiger partial charge in [-0.2, -0.15) is 0 Å². The zero-order chi connectivity index (χ0) is 17.1. The van der Waals surface area contributed by atoms with Crippen molar-refractivity contribution in [1.82, 2.24) is 4.90 Å². The van der Waals surface area contributed by atoms with Gasteiger partial charge in [0.15, 0.2) is 0 Å². The lowest BCUT2D eigenvalue weighted by molar-refractivity contribution is -0.148. The minimum absolute atomic E-state index is 0.0887. The number of aliphatic carboxylic acids is 1. The molecule has 0 aromatic heterocycles. The molecule has 1 aromatic rings. The van der Waals surface area contributed by atoms with Crippen LogP contribution in [0.5, 0.6) is 5.75 Å². The number of benzene rings is 1. The first kappa shape index (κ1) is 17.6. The Balaban J connectivity index is 2.13. The van der Waals surface area contributed by atoms with Gasteiger partial charge in [0.05, 0.1) is 11.6 Å². The summed E-state index contributed by atoms with van der Waals surface area (Å²) in [5.41, 5.74) is 0. The van der Waals surface area contributed by atoms with E-state index >= 15 is 0 Å². The van der Waals surface area contributed by atoms with Crippen LogP contribution in [0.15, 0.2) is 30.0 Å². The smallest absolute Gasteiger partial charge is 0.326 e. The van der Waals surface area contributed by atoms with Crippen LogP contribution in [0, 0.1) is 5.92 Å². The maximum absolute atomic E-state index is 12.1. The predicted octanol–water partition coefficient (Wildman–Crippen LogP) is 3.60. The molecule has 7 heteroatoms. The van der Waals surface area contributed by atoms with Crippen molar-refractivity contribution in [3.05, 3.63) is 40.1 Å². The molecule has 1 aliphatic heterocycles. The number of carboxylic acids is 1. The highest BCUT2D eigenvalue weighted by atomic mass is 35.5. The lowest BCUT2D eigenvalue weighted by Crippen LogP contribution is -2.43. The maximum Gasteiger partial charge on any atom is 0.326 e. The van der Waals surface area contributed by atoms with E-state index in [2.05, 4.69) is 0 Å². The monoisotopic (exact) mass is 357 g/mol. The first-order valence-corrected chi connectivity index (χ1v) is 7.91. The Morgan fingerprint density at radius 1 is 1.39 bits per heavy atom. The topological polar surface area (TPSA) is 66.8 Å². The molecule has 0 spiro atoms. The number of rotatable bonds is 6. The molecule has 1 atom stereocenters. The Hall–Kier alpha value is -1.72. The highest BCUT2D eigenvalue weighted by Crippen LogP contribution is 2.33. The molecule has 23 heavy (non-hydrogen) atoms. The SMILES string of the molecule is CC(C)CC(C(=O)O)N1CC(Oc2cccc(Cl)c2Cl)=CC1=O. The summed E-state index contributed by atoms with van der Waals surface area (Å²) in [4.78, 5) is 24.8. The van der Waals surface area contributed by atoms with Crippen molar-refractivity contribution in [3.63, 3.8) is 0 Å². The molecule has 0 radical (unpaired) electrons. The van der Waals surface area contributed by atoms with Crippen LogP contribution in [-0.4, -0.2) is 34.5 Å². The number of amides is 1. The summed E-state index contributed by atoms with van der Waals surface area (Å²) in [7, 11) is 0. The molecule has 124 valence electrons. The molecule has 0 saturated carbocycles. The van der Waals surface area contributed by atoms with Crippen LogP contribution in [0.1, 0.15) is 20.3 Å². The molecule has 0 saturated heterocycles. The third kappa shape index (κ3) is 4.18. The number of carboxylic acid groups (broad SMARTS) is 1. The van der Waals surface area contributed by atoms with Crippen LogP contribution in [0.2, 0.25) is 10.0 Å². The van der Waals surface area contributed by atoms with Crippen LogP contribution in [0.3, 0.4) is 0 Å². The molecule has 0 bridgehead atoms. The quantitative estimate of drug-likeness (QED) is 0.844. The number of hydrogen-bond acceptors (Lipinski definition) is 3. The molecule has 5 nitrogen and oxygen atoms in total. The van der Waals surface area contributed by atoms with Crippen LogP contribution in [-0.2, 0) is 9.59 Å². The Morgan fingerprint density at radius 3 is 2.70 bits per heavy atom. The molecule has 1 unspecified atom stereocenters. The van der Waals surface area contributed by atoms with E-state index in [0.717, 1.165) is 0 Å². The van der Waals surface area contributed by atoms with E-state index in [4.69, 9.17) is 27.9 Å². The van der Waals surface area contributed by atoms with E-state index in [0.29, 0.717) is 23.0 Å². The number of carbonyl (C=O) groups is 2. The molecular weight excluding hydrogens is 341 g/mol. The van der Waals surface area contributed by atoms with Crippen molar-refractivity contribution in [1.29, 1.82) is 0 Å². The minimum atomic E-state index is -1.03. The fourth-order valence-corrected chi connectivity index (χ4v) is 2.68. The maximum atomic E-state index is 12.1. The van der Waals surface area contributed by atoms with Crippen molar-refractivity contribution in [3.8, 4) is 5.75 Å². The fraction of sp³-hybridized carbons (Fsp3) is 0.375. The van der Waals surface area contributed by atoms with E-state index in [1.807, 2.05) is 13.8 Å². The summed E-state index contributed by atoms with van der Waals surface area (Å²) in [6.07, 6.45) is 1.66. The van der Waals surface area contributed by atoms with Crippen LogP contribution < -0.4 is 4.74 Å². The van der Waals surface area contributed by atoms with Gasteiger partial charge in [-0.1, -0.05) is 43.1 Å². The van der Waals surface area contributed by atoms with Gasteiger partial charge < -0.3 is 14.7 Å². The van der Waals surface area contributed by atoms with Gasteiger partial charge >= 0.3 is 5.97 Å². The number of hydrogen-bond donors (Lipinski definition) is 1. The fourth-order valence-electron chi connectivity index (χ4n) is 2.35. The molecule has 1 amide bonds. The third-order valence-electron chi connectivity index (χ3n) is 3.41. The zero-order valence-corrected chi connectivity index (χ0v) is 14.3. The number of ether oxygens (including phenoxy) is 1. The second kappa shape index (κ2) is 7.23. The summed E-state index contributed by atoms with van der Waals surface area (Å²) in [6.45, 7) is 3.91. The lowest BCUT2D eigenvalue weighted by Gasteiger charge is -2.25. The molecule has 1 aromatic carbocycles. The second-order valence-corrected chi connectivity index (χ2v) is 6.50. The minimum Gasteiger partial charge on any atom is -0.480 e. The van der Waals surface area contributed by atoms with E-state index in [-0.39, 0.29) is 23.4 Å². The van der Waals surface area contributed by atoms with E-state index in [9.17, 15) is 14.7 Å².